The van der Waals surface area contributed by atoms with Gasteiger partial charge in [0.25, 0.3) is 0 Å². The number of benzene rings is 1. The van der Waals surface area contributed by atoms with Crippen LogP contribution in [0.2, 0.25) is 0 Å². The van der Waals surface area contributed by atoms with E-state index in [2.05, 4.69) is 26.1 Å². The molecule has 2 heteroatoms. The molecule has 2 unspecified atom stereocenters. The van der Waals surface area contributed by atoms with Crippen LogP contribution in [0.3, 0.4) is 0 Å². The summed E-state index contributed by atoms with van der Waals surface area (Å²) in [5.41, 5.74) is 0.837. The Kier molecular flexibility index (Phi) is 6.20. The Balaban J connectivity index is 2.60. The number of hydrogen-bond donors (Lipinski definition) is 1. The van der Waals surface area contributed by atoms with Crippen LogP contribution in [-0.4, -0.2) is 12.6 Å². The summed E-state index contributed by atoms with van der Waals surface area (Å²) in [6.07, 6.45) is 3.04. The molecule has 0 aliphatic heterocycles. The van der Waals surface area contributed by atoms with Gasteiger partial charge in [0.1, 0.15) is 5.82 Å². The zero-order chi connectivity index (χ0) is 12.7. The van der Waals surface area contributed by atoms with Gasteiger partial charge in [0.2, 0.25) is 0 Å². The van der Waals surface area contributed by atoms with Crippen LogP contribution >= 0.6 is 0 Å². The van der Waals surface area contributed by atoms with Gasteiger partial charge in [0.05, 0.1) is 0 Å². The van der Waals surface area contributed by atoms with Crippen molar-refractivity contribution in [2.75, 3.05) is 6.54 Å². The van der Waals surface area contributed by atoms with E-state index in [1.165, 1.54) is 0 Å². The standard InChI is InChI=1S/C15H24FN/c1-4-10-17-12(3)13(5-2)11-14-8-6-7-9-15(14)16/h6-9,12-13,17H,4-5,10-11H2,1-3H3. The lowest BCUT2D eigenvalue weighted by Crippen LogP contribution is -2.35. The first-order valence-electron chi connectivity index (χ1n) is 6.65. The predicted octanol–water partition coefficient (Wildman–Crippen LogP) is 3.78. The SMILES string of the molecule is CCCNC(C)C(CC)Cc1ccccc1F. The van der Waals surface area contributed by atoms with Crippen molar-refractivity contribution in [3.8, 4) is 0 Å². The predicted molar refractivity (Wildman–Crippen MR) is 71.6 cm³/mol. The summed E-state index contributed by atoms with van der Waals surface area (Å²) in [6.45, 7) is 7.58. The molecular weight excluding hydrogens is 213 g/mol. The number of rotatable bonds is 7. The van der Waals surface area contributed by atoms with Crippen molar-refractivity contribution < 1.29 is 4.39 Å². The lowest BCUT2D eigenvalue weighted by atomic mass is 9.90. The fraction of sp³-hybridized carbons (Fsp3) is 0.600. The van der Waals surface area contributed by atoms with E-state index in [0.29, 0.717) is 12.0 Å². The summed E-state index contributed by atoms with van der Waals surface area (Å²) in [7, 11) is 0. The second kappa shape index (κ2) is 7.44. The van der Waals surface area contributed by atoms with Crippen LogP contribution in [0.4, 0.5) is 4.39 Å². The van der Waals surface area contributed by atoms with Gasteiger partial charge >= 0.3 is 0 Å². The highest BCUT2D eigenvalue weighted by atomic mass is 19.1. The third-order valence-corrected chi connectivity index (χ3v) is 3.39. The Morgan fingerprint density at radius 3 is 2.53 bits per heavy atom. The van der Waals surface area contributed by atoms with Crippen LogP contribution in [0.5, 0.6) is 0 Å². The molecule has 0 amide bonds. The van der Waals surface area contributed by atoms with Crippen molar-refractivity contribution in [1.82, 2.24) is 5.32 Å². The van der Waals surface area contributed by atoms with Crippen LogP contribution in [-0.2, 0) is 6.42 Å². The normalized spacial score (nSPS) is 14.6. The summed E-state index contributed by atoms with van der Waals surface area (Å²) < 4.78 is 13.6. The minimum absolute atomic E-state index is 0.0753. The molecule has 0 bridgehead atoms. The summed E-state index contributed by atoms with van der Waals surface area (Å²) in [4.78, 5) is 0. The summed E-state index contributed by atoms with van der Waals surface area (Å²) in [6, 6.07) is 7.55. The molecule has 1 aromatic rings. The summed E-state index contributed by atoms with van der Waals surface area (Å²) in [5.74, 6) is 0.423. The van der Waals surface area contributed by atoms with Gasteiger partial charge in [-0.25, -0.2) is 4.39 Å². The molecule has 0 saturated heterocycles. The largest absolute Gasteiger partial charge is 0.314 e. The molecule has 0 saturated carbocycles. The molecule has 0 radical (unpaired) electrons. The van der Waals surface area contributed by atoms with Crippen molar-refractivity contribution in [3.63, 3.8) is 0 Å². The van der Waals surface area contributed by atoms with Gasteiger partial charge in [0, 0.05) is 6.04 Å². The Hall–Kier alpha value is -0.890. The van der Waals surface area contributed by atoms with Crippen LogP contribution in [0, 0.1) is 11.7 Å². The smallest absolute Gasteiger partial charge is 0.126 e. The average molecular weight is 237 g/mol. The van der Waals surface area contributed by atoms with Crippen LogP contribution < -0.4 is 5.32 Å². The molecule has 0 fully saturated rings. The molecule has 0 spiro atoms. The maximum Gasteiger partial charge on any atom is 0.126 e. The molecule has 0 aliphatic carbocycles. The Morgan fingerprint density at radius 1 is 1.24 bits per heavy atom. The molecule has 1 nitrogen and oxygen atoms in total. The van der Waals surface area contributed by atoms with Gasteiger partial charge in [-0.2, -0.15) is 0 Å². The molecule has 96 valence electrons. The van der Waals surface area contributed by atoms with Crippen LogP contribution in [0.15, 0.2) is 24.3 Å². The van der Waals surface area contributed by atoms with E-state index in [1.54, 1.807) is 12.1 Å². The highest BCUT2D eigenvalue weighted by Gasteiger charge is 2.16. The van der Waals surface area contributed by atoms with Gasteiger partial charge < -0.3 is 5.32 Å². The van der Waals surface area contributed by atoms with Crippen molar-refractivity contribution in [1.29, 1.82) is 0 Å². The van der Waals surface area contributed by atoms with Crippen LogP contribution in [0.25, 0.3) is 0 Å². The molecule has 17 heavy (non-hydrogen) atoms. The second-order valence-corrected chi connectivity index (χ2v) is 4.71. The van der Waals surface area contributed by atoms with Crippen LogP contribution in [0.1, 0.15) is 39.2 Å². The topological polar surface area (TPSA) is 12.0 Å². The van der Waals surface area contributed by atoms with Gasteiger partial charge in [-0.05, 0) is 43.9 Å². The lowest BCUT2D eigenvalue weighted by Gasteiger charge is -2.24. The minimum atomic E-state index is -0.0753. The monoisotopic (exact) mass is 237 g/mol. The van der Waals surface area contributed by atoms with E-state index in [-0.39, 0.29) is 5.82 Å². The van der Waals surface area contributed by atoms with E-state index >= 15 is 0 Å². The molecule has 0 aromatic heterocycles. The fourth-order valence-electron chi connectivity index (χ4n) is 2.16. The van der Waals surface area contributed by atoms with Crippen molar-refractivity contribution in [2.45, 2.75) is 46.1 Å². The first kappa shape index (κ1) is 14.2. The maximum absolute atomic E-state index is 13.6. The maximum atomic E-state index is 13.6. The average Bonchev–Trinajstić information content (AvgIpc) is 2.35. The summed E-state index contributed by atoms with van der Waals surface area (Å²) in [5, 5.41) is 3.50. The van der Waals surface area contributed by atoms with E-state index in [4.69, 9.17) is 0 Å². The number of nitrogens with one attached hydrogen (secondary N) is 1. The van der Waals surface area contributed by atoms with Gasteiger partial charge in [0.15, 0.2) is 0 Å². The molecule has 0 aliphatic rings. The zero-order valence-corrected chi connectivity index (χ0v) is 11.2. The second-order valence-electron chi connectivity index (χ2n) is 4.71. The minimum Gasteiger partial charge on any atom is -0.314 e. The third kappa shape index (κ3) is 4.47. The highest BCUT2D eigenvalue weighted by molar-refractivity contribution is 5.18. The zero-order valence-electron chi connectivity index (χ0n) is 11.2. The van der Waals surface area contributed by atoms with Gasteiger partial charge in [-0.15, -0.1) is 0 Å². The lowest BCUT2D eigenvalue weighted by molar-refractivity contribution is 0.358. The molecule has 1 N–H and O–H groups in total. The molecule has 2 atom stereocenters. The first-order valence-corrected chi connectivity index (χ1v) is 6.65. The molecule has 0 heterocycles. The van der Waals surface area contributed by atoms with Crippen molar-refractivity contribution in [2.24, 2.45) is 5.92 Å². The van der Waals surface area contributed by atoms with E-state index in [0.717, 1.165) is 31.4 Å². The fourth-order valence-corrected chi connectivity index (χ4v) is 2.16. The van der Waals surface area contributed by atoms with E-state index in [9.17, 15) is 4.39 Å². The van der Waals surface area contributed by atoms with E-state index < -0.39 is 0 Å². The highest BCUT2D eigenvalue weighted by Crippen LogP contribution is 2.18. The number of hydrogen-bond acceptors (Lipinski definition) is 1. The van der Waals surface area contributed by atoms with Gasteiger partial charge in [-0.3, -0.25) is 0 Å². The van der Waals surface area contributed by atoms with Gasteiger partial charge in [-0.1, -0.05) is 38.5 Å². The van der Waals surface area contributed by atoms with Crippen molar-refractivity contribution >= 4 is 0 Å². The Morgan fingerprint density at radius 2 is 1.94 bits per heavy atom. The quantitative estimate of drug-likeness (QED) is 0.761. The first-order chi connectivity index (χ1) is 8.19. The summed E-state index contributed by atoms with van der Waals surface area (Å²) >= 11 is 0. The van der Waals surface area contributed by atoms with E-state index in [1.807, 2.05) is 12.1 Å². The van der Waals surface area contributed by atoms with Crippen molar-refractivity contribution in [3.05, 3.63) is 35.6 Å². The Labute approximate surface area is 104 Å². The molecular formula is C15H24FN. The molecule has 1 rings (SSSR count). The third-order valence-electron chi connectivity index (χ3n) is 3.39. The number of halogens is 1. The Bertz CT molecular complexity index is 324. The molecule has 1 aromatic carbocycles.